The molecule has 0 atom stereocenters. The second-order valence-corrected chi connectivity index (χ2v) is 1.49. The monoisotopic (exact) mass is 164 g/mol. The van der Waals surface area contributed by atoms with Gasteiger partial charge in [-0.2, -0.15) is 0 Å². The molecule has 0 amide bonds. The van der Waals surface area contributed by atoms with Crippen LogP contribution in [0.2, 0.25) is 0 Å². The van der Waals surface area contributed by atoms with E-state index in [2.05, 4.69) is 5.92 Å². The zero-order chi connectivity index (χ0) is 5.82. The smallest absolute Gasteiger partial charge is 0.366 e. The van der Waals surface area contributed by atoms with Gasteiger partial charge in [0.15, 0.2) is 0 Å². The third-order valence-electron chi connectivity index (χ3n) is 0.918. The van der Waals surface area contributed by atoms with Crippen LogP contribution in [0.5, 0.6) is 0 Å². The molecule has 0 fully saturated rings. The second-order valence-electron chi connectivity index (χ2n) is 1.49. The first kappa shape index (κ1) is 8.30. The van der Waals surface area contributed by atoms with E-state index in [1.54, 1.807) is 0 Å². The number of hydrogen-bond donors (Lipinski definition) is 0. The van der Waals surface area contributed by atoms with Gasteiger partial charge in [0.2, 0.25) is 0 Å². The van der Waals surface area contributed by atoms with Crippen LogP contribution < -0.4 is 0 Å². The van der Waals surface area contributed by atoms with Crippen molar-refractivity contribution in [2.75, 3.05) is 0 Å². The molecule has 0 bridgehead atoms. The summed E-state index contributed by atoms with van der Waals surface area (Å²) in [5, 5.41) is 0. The van der Waals surface area contributed by atoms with Crippen molar-refractivity contribution in [2.45, 2.75) is 0 Å². The minimum absolute atomic E-state index is 0. The van der Waals surface area contributed by atoms with E-state index in [-0.39, 0.29) is 17.1 Å². The Balaban J connectivity index is 0.000000640. The van der Waals surface area contributed by atoms with Crippen molar-refractivity contribution < 1.29 is 17.1 Å². The summed E-state index contributed by atoms with van der Waals surface area (Å²) >= 11 is 0. The van der Waals surface area contributed by atoms with Gasteiger partial charge in [0, 0.05) is 0 Å². The van der Waals surface area contributed by atoms with Crippen LogP contribution >= 0.6 is 0 Å². The maximum atomic E-state index is 6.69. The average Bonchev–Trinajstić information content (AvgIpc) is 1.90. The fourth-order valence-corrected chi connectivity index (χ4v) is 0.521. The third-order valence-corrected chi connectivity index (χ3v) is 0.918. The summed E-state index contributed by atoms with van der Waals surface area (Å²) < 4.78 is 0. The molecule has 0 spiro atoms. The van der Waals surface area contributed by atoms with Gasteiger partial charge in [-0.05, 0) is 0 Å². The molecule has 0 aliphatic heterocycles. The molecule has 1 rings (SSSR count). The van der Waals surface area contributed by atoms with Gasteiger partial charge in [0.25, 0.3) is 0 Å². The van der Waals surface area contributed by atoms with Gasteiger partial charge in [-0.1, -0.05) is 18.2 Å². The molecule has 0 unspecified atom stereocenters. The van der Waals surface area contributed by atoms with Gasteiger partial charge in [-0.3, -0.25) is 5.92 Å². The molecule has 0 saturated carbocycles. The zero-order valence-corrected chi connectivity index (χ0v) is 5.63. The molecule has 0 saturated heterocycles. The standard InChI is InChI=1S/C8H5.Cu/c1-2-8-6-4-3-5-7-8;/h3-7H;/q-1;+1. The third kappa shape index (κ3) is 2.37. The molecule has 0 aromatic heterocycles. The van der Waals surface area contributed by atoms with E-state index in [1.807, 2.05) is 30.3 Å². The van der Waals surface area contributed by atoms with E-state index in [1.165, 1.54) is 0 Å². The van der Waals surface area contributed by atoms with Crippen LogP contribution in [0.4, 0.5) is 0 Å². The summed E-state index contributed by atoms with van der Waals surface area (Å²) in [4.78, 5) is 0. The minimum atomic E-state index is 0. The van der Waals surface area contributed by atoms with Gasteiger partial charge in [0.1, 0.15) is 0 Å². The predicted molar refractivity (Wildman–Crippen MR) is 32.7 cm³/mol. The van der Waals surface area contributed by atoms with Crippen LogP contribution in [0.15, 0.2) is 30.3 Å². The molecule has 0 nitrogen and oxygen atoms in total. The Labute approximate surface area is 65.8 Å². The summed E-state index contributed by atoms with van der Waals surface area (Å²) in [6.07, 6.45) is 6.69. The molecule has 0 radical (unpaired) electrons. The van der Waals surface area contributed by atoms with E-state index in [0.717, 1.165) is 5.56 Å². The van der Waals surface area contributed by atoms with Crippen LogP contribution in [0.3, 0.4) is 0 Å². The number of rotatable bonds is 0. The molecule has 1 heteroatoms. The minimum Gasteiger partial charge on any atom is -0.366 e. The molecule has 0 N–H and O–H groups in total. The van der Waals surface area contributed by atoms with Crippen molar-refractivity contribution in [2.24, 2.45) is 0 Å². The quantitative estimate of drug-likeness (QED) is 0.311. The SMILES string of the molecule is [C-]#Cc1ccccc1.[Cu+]. The summed E-state index contributed by atoms with van der Waals surface area (Å²) in [7, 11) is 0. The molecule has 0 aliphatic carbocycles. The van der Waals surface area contributed by atoms with E-state index < -0.39 is 0 Å². The van der Waals surface area contributed by atoms with Crippen molar-refractivity contribution >= 4 is 0 Å². The first-order chi connectivity index (χ1) is 3.93. The first-order valence-corrected chi connectivity index (χ1v) is 2.41. The Morgan fingerprint density at radius 3 is 2.00 bits per heavy atom. The van der Waals surface area contributed by atoms with E-state index in [0.29, 0.717) is 0 Å². The van der Waals surface area contributed by atoms with Crippen LogP contribution in [0.1, 0.15) is 5.56 Å². The Morgan fingerprint density at radius 2 is 1.67 bits per heavy atom. The topological polar surface area (TPSA) is 0 Å². The molecule has 0 aliphatic rings. The Hall–Kier alpha value is -0.701. The largest absolute Gasteiger partial charge is 1.00 e. The second kappa shape index (κ2) is 4.21. The van der Waals surface area contributed by atoms with Crippen LogP contribution in [-0.4, -0.2) is 0 Å². The first-order valence-electron chi connectivity index (χ1n) is 2.41. The van der Waals surface area contributed by atoms with Crippen molar-refractivity contribution in [1.29, 1.82) is 0 Å². The van der Waals surface area contributed by atoms with Crippen molar-refractivity contribution in [3.05, 3.63) is 42.3 Å². The van der Waals surface area contributed by atoms with Crippen LogP contribution in [0.25, 0.3) is 0 Å². The number of hydrogen-bond acceptors (Lipinski definition) is 0. The molecular weight excluding hydrogens is 160 g/mol. The summed E-state index contributed by atoms with van der Waals surface area (Å²) in [5.41, 5.74) is 0.826. The van der Waals surface area contributed by atoms with Crippen LogP contribution in [-0.2, 0) is 17.1 Å². The summed E-state index contributed by atoms with van der Waals surface area (Å²) in [6, 6.07) is 9.37. The van der Waals surface area contributed by atoms with E-state index in [4.69, 9.17) is 6.42 Å². The Bertz CT molecular complexity index is 196. The van der Waals surface area contributed by atoms with Gasteiger partial charge in [0.05, 0.1) is 0 Å². The maximum absolute atomic E-state index is 6.69. The summed E-state index contributed by atoms with van der Waals surface area (Å²) in [5.74, 6) is 2.28. The van der Waals surface area contributed by atoms with Crippen LogP contribution in [0, 0.1) is 12.3 Å². The van der Waals surface area contributed by atoms with Gasteiger partial charge in [-0.15, -0.1) is 17.7 Å². The van der Waals surface area contributed by atoms with E-state index in [9.17, 15) is 0 Å². The fraction of sp³-hybridized carbons (Fsp3) is 0. The molecule has 1 aromatic rings. The molecule has 48 valence electrons. The van der Waals surface area contributed by atoms with Gasteiger partial charge < -0.3 is 6.42 Å². The fourth-order valence-electron chi connectivity index (χ4n) is 0.521. The molecule has 1 aromatic carbocycles. The maximum Gasteiger partial charge on any atom is 1.00 e. The Kier molecular flexibility index (Phi) is 3.88. The molecule has 9 heavy (non-hydrogen) atoms. The van der Waals surface area contributed by atoms with Crippen molar-refractivity contribution in [3.63, 3.8) is 0 Å². The normalized spacial score (nSPS) is 7.00. The molecular formula is C8H5Cu. The Morgan fingerprint density at radius 1 is 1.11 bits per heavy atom. The zero-order valence-electron chi connectivity index (χ0n) is 4.69. The summed E-state index contributed by atoms with van der Waals surface area (Å²) in [6.45, 7) is 0. The van der Waals surface area contributed by atoms with E-state index >= 15 is 0 Å². The van der Waals surface area contributed by atoms with Gasteiger partial charge in [-0.25, -0.2) is 0 Å². The predicted octanol–water partition coefficient (Wildman–Crippen LogP) is 1.62. The molecule has 0 heterocycles. The van der Waals surface area contributed by atoms with Crippen molar-refractivity contribution in [3.8, 4) is 5.92 Å². The number of benzene rings is 1. The van der Waals surface area contributed by atoms with Gasteiger partial charge >= 0.3 is 17.1 Å². The average molecular weight is 165 g/mol. The van der Waals surface area contributed by atoms with Crippen molar-refractivity contribution in [1.82, 2.24) is 0 Å².